The van der Waals surface area contributed by atoms with Gasteiger partial charge in [0.1, 0.15) is 5.82 Å². The molecule has 2 heterocycles. The number of aryl methyl sites for hydroxylation is 1. The lowest BCUT2D eigenvalue weighted by Crippen LogP contribution is -2.47. The van der Waals surface area contributed by atoms with Gasteiger partial charge >= 0.3 is 0 Å². The van der Waals surface area contributed by atoms with Crippen molar-refractivity contribution in [1.82, 2.24) is 9.97 Å². The molecule has 0 saturated carbocycles. The zero-order valence-corrected chi connectivity index (χ0v) is 15.9. The lowest BCUT2D eigenvalue weighted by molar-refractivity contribution is 0.640. The molecular weight excluding hydrogens is 334 g/mol. The molecule has 0 bridgehead atoms. The first-order valence-corrected chi connectivity index (χ1v) is 9.42. The van der Waals surface area contributed by atoms with E-state index in [4.69, 9.17) is 4.98 Å². The summed E-state index contributed by atoms with van der Waals surface area (Å²) in [6.07, 6.45) is 1.83. The average molecular weight is 359 g/mol. The second-order valence-electron chi connectivity index (χ2n) is 6.92. The second kappa shape index (κ2) is 7.66. The highest BCUT2D eigenvalue weighted by Crippen LogP contribution is 2.23. The summed E-state index contributed by atoms with van der Waals surface area (Å²) in [4.78, 5) is 13.9. The first kappa shape index (κ1) is 17.3. The van der Waals surface area contributed by atoms with Gasteiger partial charge in [-0.15, -0.1) is 0 Å². The summed E-state index contributed by atoms with van der Waals surface area (Å²) in [7, 11) is 0. The summed E-state index contributed by atoms with van der Waals surface area (Å²) < 4.78 is 0. The average Bonchev–Trinajstić information content (AvgIpc) is 2.72. The second-order valence-corrected chi connectivity index (χ2v) is 6.92. The van der Waals surface area contributed by atoms with Crippen LogP contribution in [0.25, 0.3) is 0 Å². The molecule has 1 aliphatic rings. The molecule has 1 aromatic heterocycles. The molecule has 5 heteroatoms. The van der Waals surface area contributed by atoms with E-state index in [-0.39, 0.29) is 0 Å². The van der Waals surface area contributed by atoms with Crippen LogP contribution in [-0.2, 0) is 0 Å². The van der Waals surface area contributed by atoms with Crippen LogP contribution in [0.1, 0.15) is 11.1 Å². The van der Waals surface area contributed by atoms with Crippen molar-refractivity contribution < 1.29 is 0 Å². The molecule has 5 nitrogen and oxygen atoms in total. The number of rotatable bonds is 4. The molecule has 4 rings (SSSR count). The van der Waals surface area contributed by atoms with E-state index in [1.165, 1.54) is 16.8 Å². The van der Waals surface area contributed by atoms with Crippen molar-refractivity contribution in [3.63, 3.8) is 0 Å². The van der Waals surface area contributed by atoms with Gasteiger partial charge in [-0.3, -0.25) is 0 Å². The zero-order chi connectivity index (χ0) is 18.6. The SMILES string of the molecule is Cc1cccc(Nc2ccnc(N3CCN(c4ccccc4)CC3)n2)c1C. The summed E-state index contributed by atoms with van der Waals surface area (Å²) in [6, 6.07) is 18.8. The number of nitrogens with zero attached hydrogens (tertiary/aromatic N) is 4. The predicted octanol–water partition coefficient (Wildman–Crippen LogP) is 4.16. The molecule has 138 valence electrons. The van der Waals surface area contributed by atoms with Crippen molar-refractivity contribution >= 4 is 23.1 Å². The fourth-order valence-electron chi connectivity index (χ4n) is 3.40. The van der Waals surface area contributed by atoms with Crippen molar-refractivity contribution in [1.29, 1.82) is 0 Å². The largest absolute Gasteiger partial charge is 0.368 e. The molecule has 0 radical (unpaired) electrons. The number of hydrogen-bond acceptors (Lipinski definition) is 5. The highest BCUT2D eigenvalue weighted by Gasteiger charge is 2.19. The van der Waals surface area contributed by atoms with Crippen LogP contribution in [0, 0.1) is 13.8 Å². The Labute approximate surface area is 160 Å². The quantitative estimate of drug-likeness (QED) is 0.758. The third-order valence-electron chi connectivity index (χ3n) is 5.19. The fraction of sp³-hybridized carbons (Fsp3) is 0.273. The summed E-state index contributed by atoms with van der Waals surface area (Å²) in [6.45, 7) is 8.04. The highest BCUT2D eigenvalue weighted by atomic mass is 15.3. The number of piperazine rings is 1. The number of aromatic nitrogens is 2. The molecule has 0 aliphatic carbocycles. The van der Waals surface area contributed by atoms with E-state index in [2.05, 4.69) is 82.5 Å². The maximum absolute atomic E-state index is 4.75. The molecule has 0 spiro atoms. The minimum absolute atomic E-state index is 0.790. The molecule has 1 saturated heterocycles. The first-order chi connectivity index (χ1) is 13.2. The van der Waals surface area contributed by atoms with E-state index in [0.717, 1.165) is 43.6 Å². The maximum Gasteiger partial charge on any atom is 0.227 e. The fourth-order valence-corrected chi connectivity index (χ4v) is 3.40. The summed E-state index contributed by atoms with van der Waals surface area (Å²) in [5.41, 5.74) is 4.89. The Morgan fingerprint density at radius 2 is 1.56 bits per heavy atom. The van der Waals surface area contributed by atoms with Gasteiger partial charge in [0.05, 0.1) is 0 Å². The van der Waals surface area contributed by atoms with Crippen LogP contribution >= 0.6 is 0 Å². The lowest BCUT2D eigenvalue weighted by Gasteiger charge is -2.36. The van der Waals surface area contributed by atoms with Gasteiger partial charge in [-0.2, -0.15) is 4.98 Å². The third-order valence-corrected chi connectivity index (χ3v) is 5.19. The van der Waals surface area contributed by atoms with Gasteiger partial charge in [-0.05, 0) is 49.2 Å². The van der Waals surface area contributed by atoms with E-state index >= 15 is 0 Å². The van der Waals surface area contributed by atoms with Crippen LogP contribution in [0.15, 0.2) is 60.8 Å². The van der Waals surface area contributed by atoms with Gasteiger partial charge < -0.3 is 15.1 Å². The van der Waals surface area contributed by atoms with Gasteiger partial charge in [0.2, 0.25) is 5.95 Å². The van der Waals surface area contributed by atoms with Crippen LogP contribution in [0.4, 0.5) is 23.1 Å². The number of nitrogens with one attached hydrogen (secondary N) is 1. The van der Waals surface area contributed by atoms with E-state index in [0.29, 0.717) is 0 Å². The molecule has 2 aromatic carbocycles. The number of para-hydroxylation sites is 1. The van der Waals surface area contributed by atoms with Crippen molar-refractivity contribution in [3.05, 3.63) is 71.9 Å². The molecule has 0 amide bonds. The van der Waals surface area contributed by atoms with Gasteiger partial charge in [0.15, 0.2) is 0 Å². The van der Waals surface area contributed by atoms with Crippen molar-refractivity contribution in [2.75, 3.05) is 41.3 Å². The van der Waals surface area contributed by atoms with Crippen molar-refractivity contribution in [3.8, 4) is 0 Å². The Hall–Kier alpha value is -3.08. The molecule has 27 heavy (non-hydrogen) atoms. The van der Waals surface area contributed by atoms with Crippen LogP contribution in [-0.4, -0.2) is 36.1 Å². The summed E-state index contributed by atoms with van der Waals surface area (Å²) >= 11 is 0. The van der Waals surface area contributed by atoms with Crippen LogP contribution in [0.2, 0.25) is 0 Å². The Balaban J connectivity index is 1.45. The van der Waals surface area contributed by atoms with Crippen LogP contribution in [0.5, 0.6) is 0 Å². The molecule has 1 aliphatic heterocycles. The predicted molar refractivity (Wildman–Crippen MR) is 112 cm³/mol. The molecule has 1 N–H and O–H groups in total. The smallest absolute Gasteiger partial charge is 0.227 e. The molecular formula is C22H25N5. The Morgan fingerprint density at radius 1 is 0.815 bits per heavy atom. The van der Waals surface area contributed by atoms with Crippen molar-refractivity contribution in [2.45, 2.75) is 13.8 Å². The molecule has 3 aromatic rings. The zero-order valence-electron chi connectivity index (χ0n) is 15.9. The number of benzene rings is 2. The van der Waals surface area contributed by atoms with E-state index in [1.54, 1.807) is 0 Å². The van der Waals surface area contributed by atoms with Crippen molar-refractivity contribution in [2.24, 2.45) is 0 Å². The number of anilines is 4. The minimum Gasteiger partial charge on any atom is -0.368 e. The monoisotopic (exact) mass is 359 g/mol. The van der Waals surface area contributed by atoms with Gasteiger partial charge in [0.25, 0.3) is 0 Å². The Kier molecular flexibility index (Phi) is 4.92. The van der Waals surface area contributed by atoms with Crippen LogP contribution in [0.3, 0.4) is 0 Å². The standard InChI is InChI=1S/C22H25N5/c1-17-7-6-10-20(18(17)2)24-21-11-12-23-22(25-21)27-15-13-26(14-16-27)19-8-4-3-5-9-19/h3-12H,13-16H2,1-2H3,(H,23,24,25). The van der Waals surface area contributed by atoms with E-state index in [9.17, 15) is 0 Å². The van der Waals surface area contributed by atoms with Gasteiger partial charge in [-0.25, -0.2) is 4.98 Å². The lowest BCUT2D eigenvalue weighted by atomic mass is 10.1. The summed E-state index contributed by atoms with van der Waals surface area (Å²) in [5.74, 6) is 1.62. The Bertz CT molecular complexity index is 902. The Morgan fingerprint density at radius 3 is 2.33 bits per heavy atom. The topological polar surface area (TPSA) is 44.3 Å². The maximum atomic E-state index is 4.75. The summed E-state index contributed by atoms with van der Waals surface area (Å²) in [5, 5.41) is 3.44. The van der Waals surface area contributed by atoms with Crippen LogP contribution < -0.4 is 15.1 Å². The normalized spacial score (nSPS) is 14.3. The first-order valence-electron chi connectivity index (χ1n) is 9.42. The van der Waals surface area contributed by atoms with Gasteiger partial charge in [-0.1, -0.05) is 30.3 Å². The molecule has 1 fully saturated rings. The van der Waals surface area contributed by atoms with Gasteiger partial charge in [0, 0.05) is 43.8 Å². The third kappa shape index (κ3) is 3.87. The van der Waals surface area contributed by atoms with E-state index < -0.39 is 0 Å². The minimum atomic E-state index is 0.790. The highest BCUT2D eigenvalue weighted by molar-refractivity contribution is 5.62. The molecule has 0 unspecified atom stereocenters. The molecule has 0 atom stereocenters. The van der Waals surface area contributed by atoms with E-state index in [1.807, 2.05) is 12.3 Å². The number of hydrogen-bond donors (Lipinski definition) is 1.